The van der Waals surface area contributed by atoms with Gasteiger partial charge in [0.05, 0.1) is 12.0 Å². The molecule has 2 heterocycles. The summed E-state index contributed by atoms with van der Waals surface area (Å²) < 4.78 is 5.45. The van der Waals surface area contributed by atoms with Crippen LogP contribution in [-0.2, 0) is 9.53 Å². The van der Waals surface area contributed by atoms with Gasteiger partial charge in [0.2, 0.25) is 0 Å². The van der Waals surface area contributed by atoms with Crippen molar-refractivity contribution in [3.63, 3.8) is 0 Å². The van der Waals surface area contributed by atoms with Gasteiger partial charge in [-0.05, 0) is 26.7 Å². The van der Waals surface area contributed by atoms with Crippen molar-refractivity contribution in [1.82, 2.24) is 10.2 Å². The number of urea groups is 1. The molecule has 0 spiro atoms. The third-order valence-corrected chi connectivity index (χ3v) is 4.38. The minimum Gasteiger partial charge on any atom is -0.481 e. The van der Waals surface area contributed by atoms with Crippen molar-refractivity contribution in [2.75, 3.05) is 19.7 Å². The Balaban J connectivity index is 1.82. The number of carbonyl (C=O) groups excluding carboxylic acids is 1. The van der Waals surface area contributed by atoms with E-state index in [2.05, 4.69) is 5.32 Å². The molecule has 0 bridgehead atoms. The highest BCUT2D eigenvalue weighted by molar-refractivity contribution is 5.78. The van der Waals surface area contributed by atoms with E-state index in [0.29, 0.717) is 25.4 Å². The van der Waals surface area contributed by atoms with Crippen molar-refractivity contribution >= 4 is 12.0 Å². The van der Waals surface area contributed by atoms with E-state index in [9.17, 15) is 9.59 Å². The third-order valence-electron chi connectivity index (χ3n) is 4.38. The Bertz CT molecular complexity index is 361. The van der Waals surface area contributed by atoms with Gasteiger partial charge in [0, 0.05) is 31.7 Å². The SMILES string of the molecule is CC1OCCC1CNC(=O)N1CCC(C(=O)O)C1C. The minimum absolute atomic E-state index is 0.157. The summed E-state index contributed by atoms with van der Waals surface area (Å²) in [6.07, 6.45) is 1.68. The molecule has 4 unspecified atom stereocenters. The molecule has 108 valence electrons. The lowest BCUT2D eigenvalue weighted by Crippen LogP contribution is -2.45. The summed E-state index contributed by atoms with van der Waals surface area (Å²) >= 11 is 0. The molecule has 4 atom stereocenters. The Hall–Kier alpha value is -1.30. The van der Waals surface area contributed by atoms with Crippen molar-refractivity contribution in [3.05, 3.63) is 0 Å². The predicted octanol–water partition coefficient (Wildman–Crippen LogP) is 0.916. The number of hydrogen-bond donors (Lipinski definition) is 2. The summed E-state index contributed by atoms with van der Waals surface area (Å²) in [7, 11) is 0. The zero-order chi connectivity index (χ0) is 14.0. The van der Waals surface area contributed by atoms with Crippen molar-refractivity contribution in [1.29, 1.82) is 0 Å². The molecule has 2 saturated heterocycles. The Labute approximate surface area is 113 Å². The first-order chi connectivity index (χ1) is 9.00. The zero-order valence-electron chi connectivity index (χ0n) is 11.5. The van der Waals surface area contributed by atoms with Crippen LogP contribution in [0.1, 0.15) is 26.7 Å². The van der Waals surface area contributed by atoms with Crippen LogP contribution in [0.5, 0.6) is 0 Å². The number of hydrogen-bond acceptors (Lipinski definition) is 3. The predicted molar refractivity (Wildman–Crippen MR) is 68.8 cm³/mol. The summed E-state index contributed by atoms with van der Waals surface area (Å²) in [5.41, 5.74) is 0. The molecule has 2 aliphatic rings. The van der Waals surface area contributed by atoms with Crippen molar-refractivity contribution in [2.24, 2.45) is 11.8 Å². The van der Waals surface area contributed by atoms with E-state index in [1.165, 1.54) is 0 Å². The van der Waals surface area contributed by atoms with Gasteiger partial charge in [0.25, 0.3) is 0 Å². The minimum atomic E-state index is -0.819. The second-order valence-corrected chi connectivity index (χ2v) is 5.48. The van der Waals surface area contributed by atoms with Crippen LogP contribution in [-0.4, -0.2) is 53.8 Å². The van der Waals surface area contributed by atoms with E-state index in [-0.39, 0.29) is 18.2 Å². The number of carboxylic acid groups (broad SMARTS) is 1. The average molecular weight is 270 g/mol. The van der Waals surface area contributed by atoms with E-state index in [1.807, 2.05) is 6.92 Å². The topological polar surface area (TPSA) is 78.9 Å². The van der Waals surface area contributed by atoms with Crippen LogP contribution in [0.25, 0.3) is 0 Å². The molecule has 0 aliphatic carbocycles. The Morgan fingerprint density at radius 2 is 2.11 bits per heavy atom. The van der Waals surface area contributed by atoms with Crippen LogP contribution < -0.4 is 5.32 Å². The summed E-state index contributed by atoms with van der Waals surface area (Å²) in [5.74, 6) is -0.905. The molecule has 0 aromatic heterocycles. The molecule has 2 rings (SSSR count). The van der Waals surface area contributed by atoms with E-state index >= 15 is 0 Å². The Morgan fingerprint density at radius 1 is 1.37 bits per heavy atom. The molecule has 2 aliphatic heterocycles. The number of carbonyl (C=O) groups is 2. The van der Waals surface area contributed by atoms with Crippen molar-refractivity contribution in [3.8, 4) is 0 Å². The van der Waals surface area contributed by atoms with Gasteiger partial charge in [-0.25, -0.2) is 4.79 Å². The highest BCUT2D eigenvalue weighted by Gasteiger charge is 2.38. The monoisotopic (exact) mass is 270 g/mol. The second-order valence-electron chi connectivity index (χ2n) is 5.48. The van der Waals surface area contributed by atoms with Crippen LogP contribution in [0.4, 0.5) is 4.79 Å². The van der Waals surface area contributed by atoms with Crippen LogP contribution in [0.2, 0.25) is 0 Å². The number of likely N-dealkylation sites (tertiary alicyclic amines) is 1. The quantitative estimate of drug-likeness (QED) is 0.799. The summed E-state index contributed by atoms with van der Waals surface area (Å²) in [5, 5.41) is 11.9. The molecule has 2 fully saturated rings. The molecule has 2 amide bonds. The lowest BCUT2D eigenvalue weighted by Gasteiger charge is -2.25. The maximum atomic E-state index is 12.1. The molecular weight excluding hydrogens is 248 g/mol. The lowest BCUT2D eigenvalue weighted by molar-refractivity contribution is -0.142. The van der Waals surface area contributed by atoms with Gasteiger partial charge in [-0.1, -0.05) is 0 Å². The highest BCUT2D eigenvalue weighted by atomic mass is 16.5. The lowest BCUT2D eigenvalue weighted by atomic mass is 10.0. The van der Waals surface area contributed by atoms with Gasteiger partial charge in [0.1, 0.15) is 0 Å². The zero-order valence-corrected chi connectivity index (χ0v) is 11.5. The second kappa shape index (κ2) is 5.77. The third kappa shape index (κ3) is 3.00. The van der Waals surface area contributed by atoms with Crippen LogP contribution in [0.3, 0.4) is 0 Å². The molecule has 6 nitrogen and oxygen atoms in total. The molecule has 2 N–H and O–H groups in total. The van der Waals surface area contributed by atoms with Crippen molar-refractivity contribution in [2.45, 2.75) is 38.8 Å². The Morgan fingerprint density at radius 3 is 2.63 bits per heavy atom. The van der Waals surface area contributed by atoms with Crippen LogP contribution in [0.15, 0.2) is 0 Å². The molecule has 19 heavy (non-hydrogen) atoms. The fourth-order valence-corrected chi connectivity index (χ4v) is 2.92. The van der Waals surface area contributed by atoms with Gasteiger partial charge in [-0.3, -0.25) is 4.79 Å². The molecule has 0 aromatic carbocycles. The number of nitrogens with zero attached hydrogens (tertiary/aromatic N) is 1. The fraction of sp³-hybridized carbons (Fsp3) is 0.846. The first kappa shape index (κ1) is 14.1. The first-order valence-corrected chi connectivity index (χ1v) is 6.89. The molecule has 6 heteroatoms. The number of aliphatic carboxylic acids is 1. The maximum absolute atomic E-state index is 12.1. The maximum Gasteiger partial charge on any atom is 0.317 e. The molecule has 0 aromatic rings. The normalized spacial score (nSPS) is 34.5. The molecular formula is C13H22N2O4. The average Bonchev–Trinajstić information content (AvgIpc) is 2.92. The van der Waals surface area contributed by atoms with Crippen molar-refractivity contribution < 1.29 is 19.4 Å². The number of rotatable bonds is 3. The smallest absolute Gasteiger partial charge is 0.317 e. The van der Waals surface area contributed by atoms with Gasteiger partial charge >= 0.3 is 12.0 Å². The van der Waals surface area contributed by atoms with Crippen LogP contribution in [0, 0.1) is 11.8 Å². The summed E-state index contributed by atoms with van der Waals surface area (Å²) in [4.78, 5) is 24.7. The summed E-state index contributed by atoms with van der Waals surface area (Å²) in [6.45, 7) is 5.68. The van der Waals surface area contributed by atoms with E-state index in [4.69, 9.17) is 9.84 Å². The van der Waals surface area contributed by atoms with Gasteiger partial charge in [-0.15, -0.1) is 0 Å². The van der Waals surface area contributed by atoms with Crippen LogP contribution >= 0.6 is 0 Å². The van der Waals surface area contributed by atoms with E-state index in [1.54, 1.807) is 11.8 Å². The van der Waals surface area contributed by atoms with Gasteiger partial charge in [0.15, 0.2) is 0 Å². The Kier molecular flexibility index (Phi) is 4.29. The molecule has 0 radical (unpaired) electrons. The number of amides is 2. The van der Waals surface area contributed by atoms with E-state index in [0.717, 1.165) is 13.0 Å². The first-order valence-electron chi connectivity index (χ1n) is 6.89. The van der Waals surface area contributed by atoms with Gasteiger partial charge < -0.3 is 20.1 Å². The summed E-state index contributed by atoms with van der Waals surface area (Å²) in [6, 6.07) is -0.398. The number of nitrogens with one attached hydrogen (secondary N) is 1. The number of carboxylic acids is 1. The molecule has 0 saturated carbocycles. The largest absolute Gasteiger partial charge is 0.481 e. The number of ether oxygens (including phenoxy) is 1. The van der Waals surface area contributed by atoms with Gasteiger partial charge in [-0.2, -0.15) is 0 Å². The standard InChI is InChI=1S/C13H22N2O4/c1-8-11(12(16)17)3-5-15(8)13(18)14-7-10-4-6-19-9(10)2/h8-11H,3-7H2,1-2H3,(H,14,18)(H,16,17). The fourth-order valence-electron chi connectivity index (χ4n) is 2.92. The van der Waals surface area contributed by atoms with E-state index < -0.39 is 11.9 Å². The highest BCUT2D eigenvalue weighted by Crippen LogP contribution is 2.24.